The fourth-order valence-electron chi connectivity index (χ4n) is 3.25. The van der Waals surface area contributed by atoms with E-state index in [4.69, 9.17) is 14.2 Å². The number of esters is 1. The van der Waals surface area contributed by atoms with Gasteiger partial charge in [0, 0.05) is 16.1 Å². The number of thioether (sulfide) groups is 1. The van der Waals surface area contributed by atoms with Gasteiger partial charge in [0.1, 0.15) is 13.2 Å². The molecule has 0 aliphatic carbocycles. The lowest BCUT2D eigenvalue weighted by atomic mass is 10.1. The molecule has 0 spiro atoms. The molecule has 0 bridgehead atoms. The van der Waals surface area contributed by atoms with Crippen molar-refractivity contribution in [1.82, 2.24) is 0 Å². The van der Waals surface area contributed by atoms with Gasteiger partial charge < -0.3 is 19.5 Å². The number of hydrogen-bond acceptors (Lipinski definition) is 7. The summed E-state index contributed by atoms with van der Waals surface area (Å²) in [6.07, 6.45) is 0. The van der Waals surface area contributed by atoms with Crippen molar-refractivity contribution in [2.24, 2.45) is 0 Å². The average molecular weight is 478 g/mol. The van der Waals surface area contributed by atoms with Crippen molar-refractivity contribution >= 4 is 35.1 Å². The van der Waals surface area contributed by atoms with Crippen LogP contribution in [0.15, 0.2) is 71.6 Å². The lowest BCUT2D eigenvalue weighted by molar-refractivity contribution is -0.113. The van der Waals surface area contributed by atoms with Crippen LogP contribution in [0.2, 0.25) is 0 Å². The highest BCUT2D eigenvalue weighted by atomic mass is 32.2. The smallest absolute Gasteiger partial charge is 0.339 e. The summed E-state index contributed by atoms with van der Waals surface area (Å²) in [5.41, 5.74) is 2.48. The Balaban J connectivity index is 1.33. The fraction of sp³-hybridized carbons (Fsp3) is 0.192. The molecule has 1 N–H and O–H groups in total. The van der Waals surface area contributed by atoms with E-state index in [2.05, 4.69) is 5.32 Å². The second kappa shape index (κ2) is 10.9. The summed E-state index contributed by atoms with van der Waals surface area (Å²) in [7, 11) is 0. The molecule has 0 unspecified atom stereocenters. The van der Waals surface area contributed by atoms with E-state index in [1.54, 1.807) is 42.5 Å². The molecule has 3 aromatic carbocycles. The summed E-state index contributed by atoms with van der Waals surface area (Å²) in [6, 6.07) is 19.2. The summed E-state index contributed by atoms with van der Waals surface area (Å²) < 4.78 is 16.2. The van der Waals surface area contributed by atoms with Crippen molar-refractivity contribution in [3.8, 4) is 11.5 Å². The maximum atomic E-state index is 12.7. The van der Waals surface area contributed by atoms with E-state index in [1.807, 2.05) is 31.2 Å². The summed E-state index contributed by atoms with van der Waals surface area (Å²) in [6.45, 7) is 2.44. The molecule has 1 amide bonds. The standard InChI is InChI=1S/C26H23NO6S/c1-17-6-9-19(10-7-17)27-25(29)16-34-24-5-3-2-4-20(24)26(30)33-15-21(28)18-8-11-22-23(14-18)32-13-12-31-22/h2-11,14H,12-13,15-16H2,1H3,(H,27,29). The van der Waals surface area contributed by atoms with Gasteiger partial charge in [-0.25, -0.2) is 4.79 Å². The van der Waals surface area contributed by atoms with E-state index >= 15 is 0 Å². The summed E-state index contributed by atoms with van der Waals surface area (Å²) in [5, 5.41) is 2.83. The number of carbonyl (C=O) groups is 3. The van der Waals surface area contributed by atoms with Crippen LogP contribution in [-0.2, 0) is 9.53 Å². The number of ketones is 1. The van der Waals surface area contributed by atoms with Crippen molar-refractivity contribution in [2.45, 2.75) is 11.8 Å². The number of Topliss-reactive ketones (excluding diaryl/α,β-unsaturated/α-hetero) is 1. The molecular weight excluding hydrogens is 454 g/mol. The van der Waals surface area contributed by atoms with Gasteiger partial charge in [-0.2, -0.15) is 0 Å². The maximum Gasteiger partial charge on any atom is 0.339 e. The van der Waals surface area contributed by atoms with Crippen LogP contribution in [0.5, 0.6) is 11.5 Å². The minimum atomic E-state index is -0.632. The first kappa shape index (κ1) is 23.4. The first-order valence-electron chi connectivity index (χ1n) is 10.7. The van der Waals surface area contributed by atoms with Gasteiger partial charge in [0.25, 0.3) is 0 Å². The van der Waals surface area contributed by atoms with E-state index in [0.717, 1.165) is 5.56 Å². The van der Waals surface area contributed by atoms with Crippen LogP contribution in [0, 0.1) is 6.92 Å². The molecule has 0 atom stereocenters. The molecule has 1 heterocycles. The molecule has 0 radical (unpaired) electrons. The van der Waals surface area contributed by atoms with E-state index in [0.29, 0.717) is 46.4 Å². The van der Waals surface area contributed by atoms with Crippen LogP contribution in [0.1, 0.15) is 26.3 Å². The third-order valence-electron chi connectivity index (χ3n) is 5.00. The zero-order valence-electron chi connectivity index (χ0n) is 18.5. The van der Waals surface area contributed by atoms with Crippen LogP contribution in [0.4, 0.5) is 5.69 Å². The van der Waals surface area contributed by atoms with E-state index in [-0.39, 0.29) is 17.4 Å². The lowest BCUT2D eigenvalue weighted by Crippen LogP contribution is -2.18. The minimum Gasteiger partial charge on any atom is -0.486 e. The molecule has 1 aliphatic rings. The number of rotatable bonds is 8. The van der Waals surface area contributed by atoms with Gasteiger partial charge in [-0.3, -0.25) is 9.59 Å². The van der Waals surface area contributed by atoms with Gasteiger partial charge in [-0.15, -0.1) is 11.8 Å². The Morgan fingerprint density at radius 3 is 2.47 bits per heavy atom. The molecule has 0 aromatic heterocycles. The van der Waals surface area contributed by atoms with Gasteiger partial charge in [0.05, 0.1) is 11.3 Å². The molecule has 8 heteroatoms. The summed E-state index contributed by atoms with van der Waals surface area (Å²) >= 11 is 1.22. The molecule has 7 nitrogen and oxygen atoms in total. The van der Waals surface area contributed by atoms with Crippen molar-refractivity contribution in [1.29, 1.82) is 0 Å². The predicted octanol–water partition coefficient (Wildman–Crippen LogP) is 4.54. The number of ether oxygens (including phenoxy) is 3. The number of carbonyl (C=O) groups excluding carboxylic acids is 3. The van der Waals surface area contributed by atoms with Crippen LogP contribution in [-0.4, -0.2) is 43.2 Å². The molecule has 0 fully saturated rings. The zero-order chi connectivity index (χ0) is 23.9. The summed E-state index contributed by atoms with van der Waals surface area (Å²) in [5.74, 6) is 0.0202. The number of fused-ring (bicyclic) bond motifs is 1. The Labute approximate surface area is 201 Å². The molecule has 0 saturated heterocycles. The molecule has 34 heavy (non-hydrogen) atoms. The van der Waals surface area contributed by atoms with Gasteiger partial charge >= 0.3 is 5.97 Å². The third-order valence-corrected chi connectivity index (χ3v) is 6.07. The van der Waals surface area contributed by atoms with E-state index < -0.39 is 12.6 Å². The number of anilines is 1. The lowest BCUT2D eigenvalue weighted by Gasteiger charge is -2.18. The summed E-state index contributed by atoms with van der Waals surface area (Å²) in [4.78, 5) is 38.1. The maximum absolute atomic E-state index is 12.7. The number of nitrogens with one attached hydrogen (secondary N) is 1. The largest absolute Gasteiger partial charge is 0.486 e. The molecule has 1 aliphatic heterocycles. The Morgan fingerprint density at radius 1 is 0.941 bits per heavy atom. The third kappa shape index (κ3) is 5.96. The highest BCUT2D eigenvalue weighted by molar-refractivity contribution is 8.00. The number of aryl methyl sites for hydroxylation is 1. The second-order valence-corrected chi connectivity index (χ2v) is 8.57. The van der Waals surface area contributed by atoms with Crippen molar-refractivity contribution in [3.63, 3.8) is 0 Å². The molecule has 174 valence electrons. The van der Waals surface area contributed by atoms with Crippen LogP contribution in [0.25, 0.3) is 0 Å². The van der Waals surface area contributed by atoms with E-state index in [9.17, 15) is 14.4 Å². The molecule has 0 saturated carbocycles. The predicted molar refractivity (Wildman–Crippen MR) is 129 cm³/mol. The minimum absolute atomic E-state index is 0.119. The van der Waals surface area contributed by atoms with Crippen molar-refractivity contribution in [3.05, 3.63) is 83.4 Å². The van der Waals surface area contributed by atoms with Crippen molar-refractivity contribution in [2.75, 3.05) is 30.9 Å². The van der Waals surface area contributed by atoms with Crippen LogP contribution >= 0.6 is 11.8 Å². The van der Waals surface area contributed by atoms with Gasteiger partial charge in [0.2, 0.25) is 5.91 Å². The Bertz CT molecular complexity index is 1210. The van der Waals surface area contributed by atoms with Gasteiger partial charge in [-0.05, 0) is 49.4 Å². The first-order chi connectivity index (χ1) is 16.5. The highest BCUT2D eigenvalue weighted by Crippen LogP contribution is 2.31. The Hall–Kier alpha value is -3.78. The first-order valence-corrected chi connectivity index (χ1v) is 11.7. The normalized spacial score (nSPS) is 12.0. The molecule has 3 aromatic rings. The zero-order valence-corrected chi connectivity index (χ0v) is 19.4. The second-order valence-electron chi connectivity index (χ2n) is 7.56. The number of benzene rings is 3. The fourth-order valence-corrected chi connectivity index (χ4v) is 4.09. The van der Waals surface area contributed by atoms with Crippen molar-refractivity contribution < 1.29 is 28.6 Å². The molecule has 4 rings (SSSR count). The van der Waals surface area contributed by atoms with Gasteiger partial charge in [0.15, 0.2) is 23.9 Å². The number of amides is 1. The highest BCUT2D eigenvalue weighted by Gasteiger charge is 2.18. The SMILES string of the molecule is Cc1ccc(NC(=O)CSc2ccccc2C(=O)OCC(=O)c2ccc3c(c2)OCCO3)cc1. The van der Waals surface area contributed by atoms with E-state index in [1.165, 1.54) is 11.8 Å². The average Bonchev–Trinajstić information content (AvgIpc) is 2.87. The Kier molecular flexibility index (Phi) is 7.49. The van der Waals surface area contributed by atoms with Crippen LogP contribution < -0.4 is 14.8 Å². The topological polar surface area (TPSA) is 90.9 Å². The molecular formula is C26H23NO6S. The number of hydrogen-bond donors (Lipinski definition) is 1. The van der Waals surface area contributed by atoms with Crippen LogP contribution in [0.3, 0.4) is 0 Å². The Morgan fingerprint density at radius 2 is 1.68 bits per heavy atom. The quantitative estimate of drug-likeness (QED) is 0.289. The monoisotopic (exact) mass is 477 g/mol. The van der Waals surface area contributed by atoms with Gasteiger partial charge in [-0.1, -0.05) is 29.8 Å².